The zero-order valence-corrected chi connectivity index (χ0v) is 15.2. The van der Waals surface area contributed by atoms with Crippen LogP contribution in [0.25, 0.3) is 0 Å². The van der Waals surface area contributed by atoms with Crippen molar-refractivity contribution in [3.63, 3.8) is 0 Å². The van der Waals surface area contributed by atoms with Crippen LogP contribution >= 0.6 is 11.8 Å². The maximum absolute atomic E-state index is 13.1. The second-order valence-corrected chi connectivity index (χ2v) is 8.38. The molecule has 1 saturated carbocycles. The zero-order valence-electron chi connectivity index (χ0n) is 14.3. The lowest BCUT2D eigenvalue weighted by molar-refractivity contribution is -0.146. The summed E-state index contributed by atoms with van der Waals surface area (Å²) in [7, 11) is 0. The molecule has 1 aromatic rings. The smallest absolute Gasteiger partial charge is 0.246 e. The minimum absolute atomic E-state index is 0.0452. The highest BCUT2D eigenvalue weighted by molar-refractivity contribution is 7.99. The van der Waals surface area contributed by atoms with E-state index in [1.165, 1.54) is 5.56 Å². The van der Waals surface area contributed by atoms with Crippen molar-refractivity contribution in [1.29, 1.82) is 0 Å². The summed E-state index contributed by atoms with van der Waals surface area (Å²) >= 11 is 1.68. The van der Waals surface area contributed by atoms with Crippen LogP contribution in [0, 0.1) is 5.92 Å². The van der Waals surface area contributed by atoms with Crippen molar-refractivity contribution in [3.05, 3.63) is 35.9 Å². The Balaban J connectivity index is 1.44. The highest BCUT2D eigenvalue weighted by Gasteiger charge is 2.43. The van der Waals surface area contributed by atoms with E-state index in [2.05, 4.69) is 12.1 Å². The van der Waals surface area contributed by atoms with E-state index in [9.17, 15) is 9.59 Å². The van der Waals surface area contributed by atoms with E-state index in [0.29, 0.717) is 24.7 Å². The molecule has 6 heteroatoms. The maximum Gasteiger partial charge on any atom is 0.246 e. The van der Waals surface area contributed by atoms with Gasteiger partial charge in [0.05, 0.1) is 5.88 Å². The van der Waals surface area contributed by atoms with E-state index in [1.54, 1.807) is 11.8 Å². The molecule has 1 aliphatic carbocycles. The molecule has 25 heavy (non-hydrogen) atoms. The highest BCUT2D eigenvalue weighted by Crippen LogP contribution is 2.34. The molecule has 0 bridgehead atoms. The second-order valence-electron chi connectivity index (χ2n) is 7.38. The van der Waals surface area contributed by atoms with Crippen LogP contribution in [0.5, 0.6) is 0 Å². The molecule has 1 aromatic carbocycles. The third-order valence-corrected chi connectivity index (χ3v) is 6.82. The third kappa shape index (κ3) is 3.17. The first kappa shape index (κ1) is 16.9. The van der Waals surface area contributed by atoms with Crippen molar-refractivity contribution in [3.8, 4) is 0 Å². The molecule has 2 aliphatic heterocycles. The van der Waals surface area contributed by atoms with E-state index in [0.717, 1.165) is 19.3 Å². The summed E-state index contributed by atoms with van der Waals surface area (Å²) in [5.41, 5.74) is 7.52. The fourth-order valence-corrected chi connectivity index (χ4v) is 5.18. The lowest BCUT2D eigenvalue weighted by atomic mass is 9.84. The van der Waals surface area contributed by atoms with E-state index < -0.39 is 0 Å². The van der Waals surface area contributed by atoms with Crippen molar-refractivity contribution in [2.45, 2.75) is 37.3 Å². The number of amides is 2. The fourth-order valence-electron chi connectivity index (χ4n) is 4.03. The number of thioether (sulfide) groups is 1. The van der Waals surface area contributed by atoms with Gasteiger partial charge in [0.1, 0.15) is 6.04 Å². The molecule has 2 N–H and O–H groups in total. The second kappa shape index (κ2) is 7.00. The molecule has 3 atom stereocenters. The first-order chi connectivity index (χ1) is 12.1. The molecule has 2 heterocycles. The maximum atomic E-state index is 13.1. The summed E-state index contributed by atoms with van der Waals surface area (Å²) in [6, 6.07) is 9.83. The number of benzene rings is 1. The van der Waals surface area contributed by atoms with E-state index in [4.69, 9.17) is 5.73 Å². The summed E-state index contributed by atoms with van der Waals surface area (Å²) in [5, 5.41) is 0. The van der Waals surface area contributed by atoms with Gasteiger partial charge in [-0.15, -0.1) is 11.8 Å². The molecule has 2 saturated heterocycles. The Morgan fingerprint density at radius 3 is 2.52 bits per heavy atom. The molecule has 1 unspecified atom stereocenters. The first-order valence-corrected chi connectivity index (χ1v) is 10.3. The lowest BCUT2D eigenvalue weighted by Gasteiger charge is -2.33. The molecule has 3 aliphatic rings. The Hall–Kier alpha value is -1.53. The number of nitrogens with two attached hydrogens (primary N) is 1. The number of carbonyl (C=O) groups is 2. The Bertz CT molecular complexity index is 649. The van der Waals surface area contributed by atoms with Gasteiger partial charge >= 0.3 is 0 Å². The van der Waals surface area contributed by atoms with Crippen molar-refractivity contribution < 1.29 is 9.59 Å². The van der Waals surface area contributed by atoms with E-state index in [1.807, 2.05) is 28.0 Å². The summed E-state index contributed by atoms with van der Waals surface area (Å²) in [6.45, 7) is 1.22. The van der Waals surface area contributed by atoms with Crippen LogP contribution in [-0.4, -0.2) is 58.4 Å². The lowest BCUT2D eigenvalue weighted by Crippen LogP contribution is -2.51. The van der Waals surface area contributed by atoms with Gasteiger partial charge in [0.2, 0.25) is 11.8 Å². The molecular weight excluding hydrogens is 334 g/mol. The third-order valence-electron chi connectivity index (χ3n) is 5.81. The highest BCUT2D eigenvalue weighted by atomic mass is 32.2. The van der Waals surface area contributed by atoms with Crippen LogP contribution in [0.15, 0.2) is 30.3 Å². The average Bonchev–Trinajstić information content (AvgIpc) is 3.20. The molecule has 0 radical (unpaired) electrons. The fraction of sp³-hybridized carbons (Fsp3) is 0.579. The van der Waals surface area contributed by atoms with Gasteiger partial charge in [0, 0.05) is 36.7 Å². The SMILES string of the molecule is N[C@@H]1CN(C(=O)C2CSCN2C(=O)C2CCC2)C[C@H]1c1ccccc1. The molecule has 2 amide bonds. The van der Waals surface area contributed by atoms with Crippen LogP contribution in [0.1, 0.15) is 30.7 Å². The molecule has 0 spiro atoms. The minimum Gasteiger partial charge on any atom is -0.339 e. The summed E-state index contributed by atoms with van der Waals surface area (Å²) in [4.78, 5) is 29.4. The number of carbonyl (C=O) groups excluding carboxylic acids is 2. The topological polar surface area (TPSA) is 66.6 Å². The predicted octanol–water partition coefficient (Wildman–Crippen LogP) is 1.64. The van der Waals surface area contributed by atoms with Gasteiger partial charge in [-0.1, -0.05) is 36.8 Å². The summed E-state index contributed by atoms with van der Waals surface area (Å²) < 4.78 is 0. The summed E-state index contributed by atoms with van der Waals surface area (Å²) in [5.74, 6) is 1.93. The quantitative estimate of drug-likeness (QED) is 0.891. The van der Waals surface area contributed by atoms with Crippen LogP contribution < -0.4 is 5.73 Å². The standard InChI is InChI=1S/C19H25N3O2S/c20-16-10-21(9-15(16)13-5-2-1-3-6-13)19(24)17-11-25-12-22(17)18(23)14-7-4-8-14/h1-3,5-6,14-17H,4,7-12,20H2/t15-,16+,17?/m0/s1. The van der Waals surface area contributed by atoms with Crippen LogP contribution in [0.4, 0.5) is 0 Å². The van der Waals surface area contributed by atoms with Gasteiger partial charge in [-0.3, -0.25) is 9.59 Å². The summed E-state index contributed by atoms with van der Waals surface area (Å²) in [6.07, 6.45) is 3.09. The zero-order chi connectivity index (χ0) is 17.4. The van der Waals surface area contributed by atoms with Crippen LogP contribution in [-0.2, 0) is 9.59 Å². The van der Waals surface area contributed by atoms with Gasteiger partial charge in [-0.25, -0.2) is 0 Å². The molecule has 4 rings (SSSR count). The average molecular weight is 359 g/mol. The van der Waals surface area contributed by atoms with Gasteiger partial charge in [0.15, 0.2) is 0 Å². The molecule has 0 aromatic heterocycles. The number of hydrogen-bond acceptors (Lipinski definition) is 4. The Morgan fingerprint density at radius 2 is 1.84 bits per heavy atom. The molecule has 134 valence electrons. The van der Waals surface area contributed by atoms with E-state index >= 15 is 0 Å². The van der Waals surface area contributed by atoms with Crippen molar-refractivity contribution in [1.82, 2.24) is 9.80 Å². The molecule has 5 nitrogen and oxygen atoms in total. The van der Waals surface area contributed by atoms with Gasteiger partial charge in [0.25, 0.3) is 0 Å². The molecule has 3 fully saturated rings. The van der Waals surface area contributed by atoms with Crippen molar-refractivity contribution >= 4 is 23.6 Å². The van der Waals surface area contributed by atoms with Crippen LogP contribution in [0.3, 0.4) is 0 Å². The van der Waals surface area contributed by atoms with E-state index in [-0.39, 0.29) is 35.7 Å². The minimum atomic E-state index is -0.306. The Morgan fingerprint density at radius 1 is 1.08 bits per heavy atom. The van der Waals surface area contributed by atoms with Gasteiger partial charge in [-0.2, -0.15) is 0 Å². The van der Waals surface area contributed by atoms with Crippen molar-refractivity contribution in [2.75, 3.05) is 24.7 Å². The normalized spacial score (nSPS) is 29.7. The van der Waals surface area contributed by atoms with Gasteiger partial charge < -0.3 is 15.5 Å². The molecular formula is C19H25N3O2S. The number of nitrogens with zero attached hydrogens (tertiary/aromatic N) is 2. The number of rotatable bonds is 3. The number of likely N-dealkylation sites (tertiary alicyclic amines) is 1. The van der Waals surface area contributed by atoms with Gasteiger partial charge in [-0.05, 0) is 18.4 Å². The Labute approximate surface area is 152 Å². The van der Waals surface area contributed by atoms with Crippen LogP contribution in [0.2, 0.25) is 0 Å². The monoisotopic (exact) mass is 359 g/mol. The number of hydrogen-bond donors (Lipinski definition) is 1. The Kier molecular flexibility index (Phi) is 4.73. The van der Waals surface area contributed by atoms with Crippen molar-refractivity contribution in [2.24, 2.45) is 11.7 Å². The predicted molar refractivity (Wildman–Crippen MR) is 99.0 cm³/mol. The largest absolute Gasteiger partial charge is 0.339 e. The first-order valence-electron chi connectivity index (χ1n) is 9.12.